The van der Waals surface area contributed by atoms with Crippen LogP contribution in [0.3, 0.4) is 0 Å². The second-order valence-electron chi connectivity index (χ2n) is 10.0. The van der Waals surface area contributed by atoms with Crippen LogP contribution in [0.5, 0.6) is 11.5 Å². The number of allylic oxidation sites excluding steroid dienone is 1. The smallest absolute Gasteiger partial charge is 0.255 e. The molecule has 0 bridgehead atoms. The van der Waals surface area contributed by atoms with E-state index in [0.717, 1.165) is 34.6 Å². The van der Waals surface area contributed by atoms with Crippen LogP contribution < -0.4 is 20.1 Å². The van der Waals surface area contributed by atoms with Crippen molar-refractivity contribution in [3.8, 4) is 11.5 Å². The number of benzene rings is 3. The van der Waals surface area contributed by atoms with Crippen LogP contribution in [-0.4, -0.2) is 33.0 Å². The van der Waals surface area contributed by atoms with Gasteiger partial charge in [0.15, 0.2) is 11.5 Å². The Morgan fingerprint density at radius 2 is 1.84 bits per heavy atom. The first-order chi connectivity index (χ1) is 20.8. The first kappa shape index (κ1) is 30.8. The highest BCUT2D eigenvalue weighted by Gasteiger charge is 2.35. The third kappa shape index (κ3) is 6.95. The molecule has 0 fully saturated rings. The van der Waals surface area contributed by atoms with Gasteiger partial charge in [-0.2, -0.15) is 4.98 Å². The third-order valence-corrected chi connectivity index (χ3v) is 8.65. The number of para-hydroxylation sites is 1. The minimum absolute atomic E-state index is 0.230. The van der Waals surface area contributed by atoms with E-state index in [0.29, 0.717) is 50.5 Å². The van der Waals surface area contributed by atoms with Gasteiger partial charge in [0.1, 0.15) is 12.6 Å². The summed E-state index contributed by atoms with van der Waals surface area (Å²) in [6, 6.07) is 18.2. The van der Waals surface area contributed by atoms with E-state index in [2.05, 4.69) is 17.6 Å². The summed E-state index contributed by atoms with van der Waals surface area (Å²) in [7, 11) is 0. The van der Waals surface area contributed by atoms with Crippen LogP contribution >= 0.6 is 35.0 Å². The monoisotopic (exact) mass is 637 g/mol. The highest BCUT2D eigenvalue weighted by molar-refractivity contribution is 7.99. The minimum Gasteiger partial charge on any atom is -0.490 e. The van der Waals surface area contributed by atoms with Crippen LogP contribution in [0, 0.1) is 6.92 Å². The van der Waals surface area contributed by atoms with E-state index in [-0.39, 0.29) is 12.5 Å². The zero-order chi connectivity index (χ0) is 30.5. The number of nitrogens with one attached hydrogen (secondary N) is 2. The molecule has 0 spiro atoms. The van der Waals surface area contributed by atoms with Crippen molar-refractivity contribution >= 4 is 52.5 Å². The average molecular weight is 639 g/mol. The molecule has 0 radical (unpaired) electrons. The summed E-state index contributed by atoms with van der Waals surface area (Å²) in [4.78, 5) is 18.7. The number of halogens is 2. The van der Waals surface area contributed by atoms with Crippen LogP contribution in [0.2, 0.25) is 10.0 Å². The zero-order valence-corrected chi connectivity index (χ0v) is 26.7. The predicted octanol–water partition coefficient (Wildman–Crippen LogP) is 8.30. The molecular weight excluding hydrogens is 605 g/mol. The summed E-state index contributed by atoms with van der Waals surface area (Å²) in [6.45, 7) is 8.58. The zero-order valence-electron chi connectivity index (χ0n) is 24.4. The maximum absolute atomic E-state index is 13.9. The Hall–Kier alpha value is -3.66. The van der Waals surface area contributed by atoms with Crippen molar-refractivity contribution in [2.75, 3.05) is 23.0 Å². The van der Waals surface area contributed by atoms with Gasteiger partial charge in [-0.15, -0.1) is 5.10 Å². The quantitative estimate of drug-likeness (QED) is 0.160. The van der Waals surface area contributed by atoms with Crippen molar-refractivity contribution in [1.82, 2.24) is 14.8 Å². The number of thioether (sulfide) groups is 1. The Balaban J connectivity index is 1.53. The van der Waals surface area contributed by atoms with Crippen LogP contribution in [0.1, 0.15) is 49.9 Å². The number of carbonyl (C=O) groups is 1. The van der Waals surface area contributed by atoms with Crippen LogP contribution in [-0.2, 0) is 11.4 Å². The summed E-state index contributed by atoms with van der Waals surface area (Å²) < 4.78 is 14.0. The number of ether oxygens (including phenoxy) is 2. The highest BCUT2D eigenvalue weighted by Crippen LogP contribution is 2.40. The number of hydrogen-bond acceptors (Lipinski definition) is 7. The molecule has 1 atom stereocenters. The van der Waals surface area contributed by atoms with Gasteiger partial charge in [0.2, 0.25) is 11.1 Å². The number of hydrogen-bond donors (Lipinski definition) is 2. The van der Waals surface area contributed by atoms with Gasteiger partial charge in [0.05, 0.1) is 22.2 Å². The standard InChI is InChI=1S/C32H33Cl2N5O3S/c1-5-15-43-32-37-31-35-20(4)28(30(40)36-25-10-8-7-9-19(25)3)29(39(31)38-32)22-12-14-26(27(17-22)41-6-2)42-18-21-11-13-23(33)24(34)16-21/h7-14,16-17,29H,5-6,15,18H2,1-4H3,(H,36,40)(H,35,37,38). The number of rotatable bonds is 11. The lowest BCUT2D eigenvalue weighted by atomic mass is 9.94. The Bertz CT molecular complexity index is 1670. The van der Waals surface area contributed by atoms with Crippen molar-refractivity contribution in [2.24, 2.45) is 0 Å². The van der Waals surface area contributed by atoms with Crippen LogP contribution in [0.4, 0.5) is 11.6 Å². The van der Waals surface area contributed by atoms with Gasteiger partial charge in [0, 0.05) is 17.1 Å². The Kier molecular flexibility index (Phi) is 9.85. The molecule has 224 valence electrons. The number of anilines is 2. The molecule has 1 unspecified atom stereocenters. The van der Waals surface area contributed by atoms with Crippen molar-refractivity contribution in [3.05, 3.63) is 98.7 Å². The molecule has 4 aromatic rings. The molecule has 0 aliphatic carbocycles. The normalized spacial score (nSPS) is 14.2. The van der Waals surface area contributed by atoms with E-state index >= 15 is 0 Å². The fourth-order valence-corrected chi connectivity index (χ4v) is 5.77. The Morgan fingerprint density at radius 3 is 2.58 bits per heavy atom. The number of amides is 1. The summed E-state index contributed by atoms with van der Waals surface area (Å²) in [6.07, 6.45) is 0.994. The molecule has 2 heterocycles. The molecule has 1 amide bonds. The lowest BCUT2D eigenvalue weighted by molar-refractivity contribution is -0.113. The average Bonchev–Trinajstić information content (AvgIpc) is 3.40. The molecule has 3 aromatic carbocycles. The number of carbonyl (C=O) groups excluding carboxylic acids is 1. The summed E-state index contributed by atoms with van der Waals surface area (Å²) in [5.41, 5.74) is 4.62. The predicted molar refractivity (Wildman–Crippen MR) is 174 cm³/mol. The Morgan fingerprint density at radius 1 is 1.02 bits per heavy atom. The molecule has 0 saturated carbocycles. The van der Waals surface area contributed by atoms with Crippen molar-refractivity contribution in [2.45, 2.75) is 51.9 Å². The summed E-state index contributed by atoms with van der Waals surface area (Å²) in [5.74, 6) is 2.35. The maximum Gasteiger partial charge on any atom is 0.255 e. The van der Waals surface area contributed by atoms with Gasteiger partial charge in [-0.05, 0) is 74.2 Å². The molecule has 2 N–H and O–H groups in total. The maximum atomic E-state index is 13.9. The van der Waals surface area contributed by atoms with Gasteiger partial charge in [-0.25, -0.2) is 4.68 Å². The molecule has 1 aliphatic rings. The van der Waals surface area contributed by atoms with E-state index in [1.165, 1.54) is 0 Å². The van der Waals surface area contributed by atoms with Gasteiger partial charge in [-0.3, -0.25) is 4.79 Å². The number of aryl methyl sites for hydroxylation is 1. The van der Waals surface area contributed by atoms with E-state index in [1.54, 1.807) is 28.6 Å². The molecule has 43 heavy (non-hydrogen) atoms. The second kappa shape index (κ2) is 13.8. The minimum atomic E-state index is -0.563. The van der Waals surface area contributed by atoms with Crippen molar-refractivity contribution in [3.63, 3.8) is 0 Å². The molecule has 8 nitrogen and oxygen atoms in total. The van der Waals surface area contributed by atoms with E-state index in [9.17, 15) is 4.79 Å². The topological polar surface area (TPSA) is 90.3 Å². The molecule has 1 aliphatic heterocycles. The third-order valence-electron chi connectivity index (χ3n) is 6.87. The fraction of sp³-hybridized carbons (Fsp3) is 0.281. The fourth-order valence-electron chi connectivity index (χ4n) is 4.76. The van der Waals surface area contributed by atoms with E-state index in [1.807, 2.05) is 69.3 Å². The molecular formula is C32H33Cl2N5O3S. The van der Waals surface area contributed by atoms with Gasteiger partial charge >= 0.3 is 0 Å². The molecule has 5 rings (SSSR count). The summed E-state index contributed by atoms with van der Waals surface area (Å²) in [5, 5.41) is 12.8. The second-order valence-corrected chi connectivity index (χ2v) is 11.9. The van der Waals surface area contributed by atoms with E-state index < -0.39 is 6.04 Å². The van der Waals surface area contributed by atoms with Gasteiger partial charge in [-0.1, -0.05) is 72.2 Å². The lowest BCUT2D eigenvalue weighted by Crippen LogP contribution is -2.31. The largest absolute Gasteiger partial charge is 0.490 e. The van der Waals surface area contributed by atoms with Gasteiger partial charge < -0.3 is 20.1 Å². The Labute approximate surface area is 265 Å². The van der Waals surface area contributed by atoms with E-state index in [4.69, 9.17) is 42.8 Å². The first-order valence-corrected chi connectivity index (χ1v) is 15.8. The molecule has 0 saturated heterocycles. The lowest BCUT2D eigenvalue weighted by Gasteiger charge is -2.29. The molecule has 1 aromatic heterocycles. The van der Waals surface area contributed by atoms with Crippen molar-refractivity contribution < 1.29 is 14.3 Å². The summed E-state index contributed by atoms with van der Waals surface area (Å²) >= 11 is 13.9. The first-order valence-electron chi connectivity index (χ1n) is 14.1. The highest BCUT2D eigenvalue weighted by atomic mass is 35.5. The molecule has 11 heteroatoms. The van der Waals surface area contributed by atoms with Crippen LogP contribution in [0.15, 0.2) is 77.1 Å². The SMILES string of the molecule is CCCSc1nc2n(n1)C(c1ccc(OCc3ccc(Cl)c(Cl)c3)c(OCC)c1)C(C(=O)Nc1ccccc1C)=C(C)N2. The number of nitrogens with zero attached hydrogens (tertiary/aromatic N) is 3. The van der Waals surface area contributed by atoms with Gasteiger partial charge in [0.25, 0.3) is 5.91 Å². The number of aromatic nitrogens is 3. The van der Waals surface area contributed by atoms with Crippen LogP contribution in [0.25, 0.3) is 0 Å². The number of fused-ring (bicyclic) bond motifs is 1. The van der Waals surface area contributed by atoms with Crippen molar-refractivity contribution in [1.29, 1.82) is 0 Å².